The van der Waals surface area contributed by atoms with E-state index in [0.29, 0.717) is 6.54 Å². The molecule has 19 heavy (non-hydrogen) atoms. The molecule has 5 heteroatoms. The molecule has 1 aliphatic rings. The number of aryl methyl sites for hydroxylation is 2. The van der Waals surface area contributed by atoms with Crippen LogP contribution >= 0.6 is 11.6 Å². The van der Waals surface area contributed by atoms with Crippen molar-refractivity contribution in [3.05, 3.63) is 16.4 Å². The van der Waals surface area contributed by atoms with E-state index in [9.17, 15) is 5.11 Å². The van der Waals surface area contributed by atoms with Gasteiger partial charge in [0.1, 0.15) is 0 Å². The van der Waals surface area contributed by atoms with Crippen molar-refractivity contribution in [3.63, 3.8) is 0 Å². The third kappa shape index (κ3) is 2.96. The summed E-state index contributed by atoms with van der Waals surface area (Å²) in [6.07, 6.45) is 5.32. The zero-order valence-electron chi connectivity index (χ0n) is 11.9. The lowest BCUT2D eigenvalue weighted by atomic mass is 9.99. The molecule has 0 amide bonds. The maximum Gasteiger partial charge on any atom is 0.0863 e. The van der Waals surface area contributed by atoms with E-state index in [4.69, 9.17) is 11.6 Å². The van der Waals surface area contributed by atoms with Crippen LogP contribution in [0.3, 0.4) is 0 Å². The van der Waals surface area contributed by atoms with E-state index in [0.717, 1.165) is 42.2 Å². The minimum atomic E-state index is -0.113. The van der Waals surface area contributed by atoms with Crippen molar-refractivity contribution in [2.24, 2.45) is 0 Å². The van der Waals surface area contributed by atoms with Crippen LogP contribution in [-0.4, -0.2) is 27.0 Å². The molecule has 1 aliphatic carbocycles. The van der Waals surface area contributed by atoms with Gasteiger partial charge in [0, 0.05) is 18.6 Å². The van der Waals surface area contributed by atoms with Crippen LogP contribution in [-0.2, 0) is 19.5 Å². The molecule has 0 radical (unpaired) electrons. The zero-order chi connectivity index (χ0) is 13.9. The Morgan fingerprint density at radius 1 is 1.37 bits per heavy atom. The molecular formula is C14H24ClN3O. The third-order valence-corrected chi connectivity index (χ3v) is 4.62. The van der Waals surface area contributed by atoms with Crippen molar-refractivity contribution in [3.8, 4) is 0 Å². The van der Waals surface area contributed by atoms with Crippen molar-refractivity contribution in [1.29, 1.82) is 0 Å². The molecule has 0 aromatic carbocycles. The van der Waals surface area contributed by atoms with Gasteiger partial charge in [0.15, 0.2) is 0 Å². The van der Waals surface area contributed by atoms with Crippen LogP contribution in [0, 0.1) is 0 Å². The second-order valence-electron chi connectivity index (χ2n) is 5.38. The molecule has 1 aromatic rings. The summed E-state index contributed by atoms with van der Waals surface area (Å²) in [5.74, 6) is 0. The maximum atomic E-state index is 9.62. The lowest BCUT2D eigenvalue weighted by molar-refractivity contribution is 0.162. The average Bonchev–Trinajstić information content (AvgIpc) is 3.02. The Kier molecular flexibility index (Phi) is 4.87. The number of hydrogen-bond donors (Lipinski definition) is 2. The molecule has 1 heterocycles. The molecule has 1 aromatic heterocycles. The van der Waals surface area contributed by atoms with Crippen LogP contribution in [0.2, 0.25) is 5.02 Å². The second-order valence-corrected chi connectivity index (χ2v) is 5.75. The van der Waals surface area contributed by atoms with E-state index in [1.165, 1.54) is 12.8 Å². The molecule has 0 spiro atoms. The first-order valence-corrected chi connectivity index (χ1v) is 7.63. The largest absolute Gasteiger partial charge is 0.394 e. The van der Waals surface area contributed by atoms with Crippen molar-refractivity contribution >= 4 is 11.6 Å². The second kappa shape index (κ2) is 6.25. The van der Waals surface area contributed by atoms with Gasteiger partial charge in [0.05, 0.1) is 23.0 Å². The summed E-state index contributed by atoms with van der Waals surface area (Å²) in [5, 5.41) is 18.4. The van der Waals surface area contributed by atoms with E-state index in [1.54, 1.807) is 0 Å². The average molecular weight is 286 g/mol. The minimum Gasteiger partial charge on any atom is -0.394 e. The van der Waals surface area contributed by atoms with Gasteiger partial charge >= 0.3 is 0 Å². The first-order valence-electron chi connectivity index (χ1n) is 7.25. The van der Waals surface area contributed by atoms with E-state index in [2.05, 4.69) is 24.3 Å². The Morgan fingerprint density at radius 3 is 2.58 bits per heavy atom. The van der Waals surface area contributed by atoms with Crippen molar-refractivity contribution in [2.45, 2.75) is 64.6 Å². The van der Waals surface area contributed by atoms with Crippen LogP contribution in [0.15, 0.2) is 0 Å². The summed E-state index contributed by atoms with van der Waals surface area (Å²) < 4.78 is 1.97. The molecule has 0 bridgehead atoms. The number of hydrogen-bond acceptors (Lipinski definition) is 3. The molecule has 1 saturated carbocycles. The Labute approximate surface area is 120 Å². The van der Waals surface area contributed by atoms with Gasteiger partial charge in [-0.25, -0.2) is 0 Å². The summed E-state index contributed by atoms with van der Waals surface area (Å²) in [4.78, 5) is 0. The first kappa shape index (κ1) is 14.8. The van der Waals surface area contributed by atoms with Crippen LogP contribution in [0.25, 0.3) is 0 Å². The van der Waals surface area contributed by atoms with Gasteiger partial charge in [-0.2, -0.15) is 5.10 Å². The van der Waals surface area contributed by atoms with Gasteiger partial charge in [-0.05, 0) is 26.2 Å². The monoisotopic (exact) mass is 285 g/mol. The van der Waals surface area contributed by atoms with Gasteiger partial charge < -0.3 is 10.4 Å². The lowest BCUT2D eigenvalue weighted by Gasteiger charge is -2.28. The molecule has 0 saturated heterocycles. The molecule has 108 valence electrons. The predicted molar refractivity (Wildman–Crippen MR) is 77.4 cm³/mol. The molecule has 0 aliphatic heterocycles. The fourth-order valence-corrected chi connectivity index (χ4v) is 3.24. The highest BCUT2D eigenvalue weighted by molar-refractivity contribution is 6.31. The summed E-state index contributed by atoms with van der Waals surface area (Å²) in [6.45, 7) is 5.84. The number of aliphatic hydroxyl groups is 1. The number of aromatic nitrogens is 2. The number of nitrogens with one attached hydrogen (secondary N) is 1. The topological polar surface area (TPSA) is 50.1 Å². The maximum absolute atomic E-state index is 9.62. The molecule has 4 nitrogen and oxygen atoms in total. The smallest absolute Gasteiger partial charge is 0.0863 e. The SMILES string of the molecule is CCc1nn(CC)c(CNC2(CO)CCCC2)c1Cl. The molecule has 1 fully saturated rings. The van der Waals surface area contributed by atoms with E-state index in [-0.39, 0.29) is 12.1 Å². The molecular weight excluding hydrogens is 262 g/mol. The van der Waals surface area contributed by atoms with Crippen LogP contribution in [0.1, 0.15) is 50.9 Å². The summed E-state index contributed by atoms with van der Waals surface area (Å²) in [7, 11) is 0. The van der Waals surface area contributed by atoms with Crippen LogP contribution in [0.5, 0.6) is 0 Å². The quantitative estimate of drug-likeness (QED) is 0.844. The molecule has 0 unspecified atom stereocenters. The molecule has 2 rings (SSSR count). The van der Waals surface area contributed by atoms with Gasteiger partial charge in [0.25, 0.3) is 0 Å². The van der Waals surface area contributed by atoms with Crippen molar-refractivity contribution < 1.29 is 5.11 Å². The number of rotatable bonds is 6. The summed E-state index contributed by atoms with van der Waals surface area (Å²) in [5.41, 5.74) is 1.89. The van der Waals surface area contributed by atoms with Crippen molar-refractivity contribution in [1.82, 2.24) is 15.1 Å². The highest BCUT2D eigenvalue weighted by Crippen LogP contribution is 2.30. The van der Waals surface area contributed by atoms with Gasteiger partial charge in [-0.1, -0.05) is 31.4 Å². The minimum absolute atomic E-state index is 0.113. The van der Waals surface area contributed by atoms with Gasteiger partial charge in [0.2, 0.25) is 0 Å². The number of nitrogens with zero attached hydrogens (tertiary/aromatic N) is 2. The molecule has 2 N–H and O–H groups in total. The highest BCUT2D eigenvalue weighted by atomic mass is 35.5. The fourth-order valence-electron chi connectivity index (χ4n) is 2.90. The van der Waals surface area contributed by atoms with E-state index in [1.807, 2.05) is 4.68 Å². The predicted octanol–water partition coefficient (Wildman–Crippen LogP) is 2.51. The van der Waals surface area contributed by atoms with Crippen molar-refractivity contribution in [2.75, 3.05) is 6.61 Å². The first-order chi connectivity index (χ1) is 9.15. The summed E-state index contributed by atoms with van der Waals surface area (Å²) in [6, 6.07) is 0. The van der Waals surface area contributed by atoms with E-state index >= 15 is 0 Å². The number of aliphatic hydroxyl groups excluding tert-OH is 1. The fraction of sp³-hybridized carbons (Fsp3) is 0.786. The highest BCUT2D eigenvalue weighted by Gasteiger charge is 2.33. The third-order valence-electron chi connectivity index (χ3n) is 4.19. The van der Waals surface area contributed by atoms with Crippen LogP contribution in [0.4, 0.5) is 0 Å². The zero-order valence-corrected chi connectivity index (χ0v) is 12.6. The van der Waals surface area contributed by atoms with E-state index < -0.39 is 0 Å². The molecule has 0 atom stereocenters. The Balaban J connectivity index is 2.12. The summed E-state index contributed by atoms with van der Waals surface area (Å²) >= 11 is 6.40. The Bertz CT molecular complexity index is 425. The Hall–Kier alpha value is -0.580. The standard InChI is InChI=1S/C14H24ClN3O/c1-3-11-13(15)12(18(4-2)17-11)9-16-14(10-19)7-5-6-8-14/h16,19H,3-10H2,1-2H3. The normalized spacial score (nSPS) is 18.1. The van der Waals surface area contributed by atoms with Gasteiger partial charge in [-0.3, -0.25) is 4.68 Å². The van der Waals surface area contributed by atoms with Gasteiger partial charge in [-0.15, -0.1) is 0 Å². The Morgan fingerprint density at radius 2 is 2.05 bits per heavy atom. The number of halogens is 1. The van der Waals surface area contributed by atoms with Crippen LogP contribution < -0.4 is 5.32 Å². The lowest BCUT2D eigenvalue weighted by Crippen LogP contribution is -2.45.